The van der Waals surface area contributed by atoms with E-state index >= 15 is 0 Å². The predicted molar refractivity (Wildman–Crippen MR) is 68.3 cm³/mol. The highest BCUT2D eigenvalue weighted by Gasteiger charge is 2.41. The maximum atomic E-state index is 11.7. The molecule has 2 rings (SSSR count). The first-order valence-electron chi connectivity index (χ1n) is 5.83. The van der Waals surface area contributed by atoms with Crippen molar-refractivity contribution in [2.45, 2.75) is 18.9 Å². The molecule has 1 heterocycles. The fraction of sp³-hybridized carbons (Fsp3) is 0.385. The van der Waals surface area contributed by atoms with Crippen LogP contribution in [0.15, 0.2) is 18.2 Å². The number of hydrogen-bond donors (Lipinski definition) is 2. The van der Waals surface area contributed by atoms with E-state index < -0.39 is 11.6 Å². The first-order chi connectivity index (χ1) is 8.98. The van der Waals surface area contributed by atoms with Crippen LogP contribution in [0.25, 0.3) is 0 Å². The number of hydrogen-bond acceptors (Lipinski definition) is 4. The first-order valence-corrected chi connectivity index (χ1v) is 5.83. The third-order valence-electron chi connectivity index (χ3n) is 3.12. The van der Waals surface area contributed by atoms with Gasteiger partial charge in [-0.15, -0.1) is 0 Å². The molecule has 1 atom stereocenters. The standard InChI is InChI=1S/C13H16N2O4/c1-13(11(16)14-12(17)15-13)7-8-4-5-9(18-2)10(6-8)19-3/h4-6H,7H2,1-3H3,(H2,14,15,16,17)/t13-/m1/s1. The van der Waals surface area contributed by atoms with E-state index in [0.717, 1.165) is 5.56 Å². The average Bonchev–Trinajstić information content (AvgIpc) is 2.62. The maximum absolute atomic E-state index is 11.7. The van der Waals surface area contributed by atoms with Crippen LogP contribution in [0.2, 0.25) is 0 Å². The second-order valence-corrected chi connectivity index (χ2v) is 4.61. The monoisotopic (exact) mass is 264 g/mol. The van der Waals surface area contributed by atoms with Crippen molar-refractivity contribution in [3.05, 3.63) is 23.8 Å². The van der Waals surface area contributed by atoms with E-state index in [1.165, 1.54) is 0 Å². The molecule has 1 saturated heterocycles. The molecule has 0 spiro atoms. The van der Waals surface area contributed by atoms with Gasteiger partial charge in [-0.05, 0) is 24.6 Å². The van der Waals surface area contributed by atoms with Gasteiger partial charge in [0.25, 0.3) is 5.91 Å². The van der Waals surface area contributed by atoms with Crippen LogP contribution in [0, 0.1) is 0 Å². The van der Waals surface area contributed by atoms with Gasteiger partial charge in [0.15, 0.2) is 11.5 Å². The van der Waals surface area contributed by atoms with Crippen molar-refractivity contribution >= 4 is 11.9 Å². The van der Waals surface area contributed by atoms with Crippen LogP contribution < -0.4 is 20.1 Å². The molecular weight excluding hydrogens is 248 g/mol. The second kappa shape index (κ2) is 4.79. The number of methoxy groups -OCH3 is 2. The van der Waals surface area contributed by atoms with Gasteiger partial charge >= 0.3 is 6.03 Å². The molecular formula is C13H16N2O4. The molecule has 6 heteroatoms. The van der Waals surface area contributed by atoms with Gasteiger partial charge in [0.2, 0.25) is 0 Å². The molecule has 1 fully saturated rings. The quantitative estimate of drug-likeness (QED) is 0.790. The first kappa shape index (κ1) is 13.2. The minimum absolute atomic E-state index is 0.327. The summed E-state index contributed by atoms with van der Waals surface area (Å²) in [7, 11) is 3.11. The number of imide groups is 1. The fourth-order valence-electron chi connectivity index (χ4n) is 2.10. The number of urea groups is 1. The summed E-state index contributed by atoms with van der Waals surface area (Å²) in [6.45, 7) is 1.68. The number of benzene rings is 1. The summed E-state index contributed by atoms with van der Waals surface area (Å²) in [5, 5.41) is 4.86. The highest BCUT2D eigenvalue weighted by molar-refractivity contribution is 6.06. The van der Waals surface area contributed by atoms with Gasteiger partial charge in [0.05, 0.1) is 14.2 Å². The molecule has 0 unspecified atom stereocenters. The Morgan fingerprint density at radius 3 is 2.37 bits per heavy atom. The normalized spacial score (nSPS) is 21.8. The molecule has 3 amide bonds. The van der Waals surface area contributed by atoms with E-state index in [1.54, 1.807) is 33.3 Å². The average molecular weight is 264 g/mol. The number of ether oxygens (including phenoxy) is 2. The zero-order valence-electron chi connectivity index (χ0n) is 11.1. The highest BCUT2D eigenvalue weighted by atomic mass is 16.5. The zero-order valence-corrected chi connectivity index (χ0v) is 11.1. The predicted octanol–water partition coefficient (Wildman–Crippen LogP) is 0.844. The maximum Gasteiger partial charge on any atom is 0.322 e. The van der Waals surface area contributed by atoms with Gasteiger partial charge in [0, 0.05) is 6.42 Å². The topological polar surface area (TPSA) is 76.7 Å². The van der Waals surface area contributed by atoms with Crippen LogP contribution in [-0.4, -0.2) is 31.7 Å². The molecule has 0 aliphatic carbocycles. The lowest BCUT2D eigenvalue weighted by Crippen LogP contribution is -2.45. The Bertz CT molecular complexity index is 529. The third kappa shape index (κ3) is 2.47. The van der Waals surface area contributed by atoms with Crippen LogP contribution in [0.5, 0.6) is 11.5 Å². The lowest BCUT2D eigenvalue weighted by molar-refractivity contribution is -0.123. The number of amides is 3. The summed E-state index contributed by atoms with van der Waals surface area (Å²) in [6.07, 6.45) is 0.380. The fourth-order valence-corrected chi connectivity index (χ4v) is 2.10. The van der Waals surface area contributed by atoms with Crippen molar-refractivity contribution in [2.24, 2.45) is 0 Å². The van der Waals surface area contributed by atoms with Crippen molar-refractivity contribution in [3.63, 3.8) is 0 Å². The van der Waals surface area contributed by atoms with Crippen LogP contribution in [-0.2, 0) is 11.2 Å². The van der Waals surface area contributed by atoms with Gasteiger partial charge < -0.3 is 14.8 Å². The van der Waals surface area contributed by atoms with Crippen LogP contribution in [0.3, 0.4) is 0 Å². The van der Waals surface area contributed by atoms with E-state index in [0.29, 0.717) is 17.9 Å². The minimum atomic E-state index is -0.934. The summed E-state index contributed by atoms with van der Waals surface area (Å²) in [6, 6.07) is 4.94. The van der Waals surface area contributed by atoms with Gasteiger partial charge in [0.1, 0.15) is 5.54 Å². The Balaban J connectivity index is 2.24. The van der Waals surface area contributed by atoms with Crippen molar-refractivity contribution in [1.29, 1.82) is 0 Å². The summed E-state index contributed by atoms with van der Waals surface area (Å²) in [4.78, 5) is 22.9. The Morgan fingerprint density at radius 1 is 1.16 bits per heavy atom. The smallest absolute Gasteiger partial charge is 0.322 e. The molecule has 6 nitrogen and oxygen atoms in total. The molecule has 0 aromatic heterocycles. The van der Waals surface area contributed by atoms with Crippen molar-refractivity contribution in [3.8, 4) is 11.5 Å². The molecule has 2 N–H and O–H groups in total. The van der Waals surface area contributed by atoms with Crippen molar-refractivity contribution < 1.29 is 19.1 Å². The lowest BCUT2D eigenvalue weighted by Gasteiger charge is -2.21. The van der Waals surface area contributed by atoms with Gasteiger partial charge in [-0.3, -0.25) is 10.1 Å². The molecule has 0 radical (unpaired) electrons. The summed E-state index contributed by atoms with van der Waals surface area (Å²) in [5.41, 5.74) is -0.0612. The molecule has 1 aromatic rings. The number of carbonyl (C=O) groups is 2. The Labute approximate surface area is 111 Å². The zero-order chi connectivity index (χ0) is 14.0. The highest BCUT2D eigenvalue weighted by Crippen LogP contribution is 2.29. The Kier molecular flexibility index (Phi) is 3.33. The molecule has 0 bridgehead atoms. The number of nitrogens with one attached hydrogen (secondary N) is 2. The van der Waals surface area contributed by atoms with E-state index in [2.05, 4.69) is 10.6 Å². The van der Waals surface area contributed by atoms with Crippen molar-refractivity contribution in [1.82, 2.24) is 10.6 Å². The minimum Gasteiger partial charge on any atom is -0.493 e. The number of carbonyl (C=O) groups excluding carboxylic acids is 2. The molecule has 0 saturated carbocycles. The van der Waals surface area contributed by atoms with Crippen molar-refractivity contribution in [2.75, 3.05) is 14.2 Å². The lowest BCUT2D eigenvalue weighted by atomic mass is 9.93. The summed E-state index contributed by atoms with van der Waals surface area (Å²) >= 11 is 0. The van der Waals surface area contributed by atoms with E-state index in [4.69, 9.17) is 9.47 Å². The molecule has 1 aliphatic heterocycles. The Morgan fingerprint density at radius 2 is 1.84 bits per heavy atom. The summed E-state index contributed by atoms with van der Waals surface area (Å²) < 4.78 is 10.4. The Hall–Kier alpha value is -2.24. The largest absolute Gasteiger partial charge is 0.493 e. The molecule has 1 aliphatic rings. The second-order valence-electron chi connectivity index (χ2n) is 4.61. The van der Waals surface area contributed by atoms with Gasteiger partial charge in [-0.1, -0.05) is 6.07 Å². The summed E-state index contributed by atoms with van der Waals surface area (Å²) in [5.74, 6) is 0.886. The van der Waals surface area contributed by atoms with Crippen LogP contribution >= 0.6 is 0 Å². The number of rotatable bonds is 4. The van der Waals surface area contributed by atoms with Gasteiger partial charge in [-0.2, -0.15) is 0 Å². The molecule has 102 valence electrons. The SMILES string of the molecule is COc1ccc(C[C@@]2(C)NC(=O)NC2=O)cc1OC. The van der Waals surface area contributed by atoms with Crippen LogP contribution in [0.4, 0.5) is 4.79 Å². The van der Waals surface area contributed by atoms with E-state index in [9.17, 15) is 9.59 Å². The third-order valence-corrected chi connectivity index (χ3v) is 3.12. The molecule has 1 aromatic carbocycles. The molecule has 19 heavy (non-hydrogen) atoms. The van der Waals surface area contributed by atoms with E-state index in [1.807, 2.05) is 6.07 Å². The van der Waals surface area contributed by atoms with E-state index in [-0.39, 0.29) is 5.91 Å². The van der Waals surface area contributed by atoms with Gasteiger partial charge in [-0.25, -0.2) is 4.79 Å². The van der Waals surface area contributed by atoms with Crippen LogP contribution in [0.1, 0.15) is 12.5 Å².